The molecule has 1 atom stereocenters. The van der Waals surface area contributed by atoms with Gasteiger partial charge in [-0.1, -0.05) is 46.8 Å². The van der Waals surface area contributed by atoms with Crippen molar-refractivity contribution in [3.63, 3.8) is 0 Å². The van der Waals surface area contributed by atoms with Crippen molar-refractivity contribution in [2.24, 2.45) is 5.41 Å². The van der Waals surface area contributed by atoms with Crippen molar-refractivity contribution in [3.05, 3.63) is 53.3 Å². The van der Waals surface area contributed by atoms with Gasteiger partial charge in [-0.15, -0.1) is 0 Å². The molecule has 3 aromatic rings. The van der Waals surface area contributed by atoms with E-state index in [1.807, 2.05) is 37.6 Å². The summed E-state index contributed by atoms with van der Waals surface area (Å²) in [5.41, 5.74) is 10.3. The van der Waals surface area contributed by atoms with E-state index >= 15 is 0 Å². The SMILES string of the molecule is C=O.CC.Cc1ccc(COc2cc(N3CCC4(CC3)CNC(C)(CO)C4)nc(N)n2)c(-n2ccc(C(C)(C)C)n2)c1. The zero-order valence-corrected chi connectivity index (χ0v) is 26.4. The number of ether oxygens (including phenoxy) is 1. The van der Waals surface area contributed by atoms with Gasteiger partial charge >= 0.3 is 0 Å². The summed E-state index contributed by atoms with van der Waals surface area (Å²) in [5, 5.41) is 18.1. The summed E-state index contributed by atoms with van der Waals surface area (Å²) in [6.45, 7) is 19.9. The molecule has 1 unspecified atom stereocenters. The minimum absolute atomic E-state index is 0.0263. The van der Waals surface area contributed by atoms with Gasteiger partial charge in [0, 0.05) is 48.4 Å². The molecule has 0 aliphatic carbocycles. The van der Waals surface area contributed by atoms with Crippen LogP contribution >= 0.6 is 0 Å². The normalized spacial score (nSPS) is 19.5. The third-order valence-corrected chi connectivity index (χ3v) is 8.08. The predicted octanol–water partition coefficient (Wildman–Crippen LogP) is 4.60. The average molecular weight is 580 g/mol. The molecule has 2 saturated heterocycles. The largest absolute Gasteiger partial charge is 0.473 e. The number of rotatable bonds is 6. The summed E-state index contributed by atoms with van der Waals surface area (Å²) in [6.07, 6.45) is 5.09. The number of hydrogen-bond acceptors (Lipinski definition) is 9. The molecule has 2 aromatic heterocycles. The van der Waals surface area contributed by atoms with Crippen LogP contribution in [0, 0.1) is 12.3 Å². The molecular weight excluding hydrogens is 530 g/mol. The molecule has 10 heteroatoms. The number of carbonyl (C=O) groups excluding carboxylic acids is 1. The number of nitrogens with zero attached hydrogens (tertiary/aromatic N) is 5. The summed E-state index contributed by atoms with van der Waals surface area (Å²) < 4.78 is 8.10. The van der Waals surface area contributed by atoms with Crippen molar-refractivity contribution >= 4 is 18.6 Å². The van der Waals surface area contributed by atoms with E-state index in [0.29, 0.717) is 12.5 Å². The number of benzene rings is 1. The Balaban J connectivity index is 0.00000116. The maximum Gasteiger partial charge on any atom is 0.225 e. The smallest absolute Gasteiger partial charge is 0.225 e. The fourth-order valence-electron chi connectivity index (χ4n) is 5.71. The van der Waals surface area contributed by atoms with Gasteiger partial charge in [0.05, 0.1) is 18.0 Å². The number of carbonyl (C=O) groups is 1. The first-order valence-corrected chi connectivity index (χ1v) is 14.8. The Morgan fingerprint density at radius 3 is 2.40 bits per heavy atom. The van der Waals surface area contributed by atoms with Gasteiger partial charge in [-0.3, -0.25) is 0 Å². The summed E-state index contributed by atoms with van der Waals surface area (Å²) in [6, 6.07) is 10.2. The maximum absolute atomic E-state index is 9.77. The monoisotopic (exact) mass is 579 g/mol. The van der Waals surface area contributed by atoms with Gasteiger partial charge < -0.3 is 30.6 Å². The van der Waals surface area contributed by atoms with Crippen LogP contribution in [-0.2, 0) is 16.8 Å². The van der Waals surface area contributed by atoms with E-state index in [2.05, 4.69) is 79.1 Å². The predicted molar refractivity (Wildman–Crippen MR) is 168 cm³/mol. The van der Waals surface area contributed by atoms with E-state index in [1.54, 1.807) is 0 Å². The second kappa shape index (κ2) is 13.6. The third kappa shape index (κ3) is 7.66. The Kier molecular flexibility index (Phi) is 10.7. The molecule has 2 aliphatic rings. The molecule has 0 radical (unpaired) electrons. The van der Waals surface area contributed by atoms with Crippen molar-refractivity contribution in [3.8, 4) is 11.6 Å². The lowest BCUT2D eigenvalue weighted by Gasteiger charge is -2.40. The lowest BCUT2D eigenvalue weighted by molar-refractivity contribution is -0.0980. The summed E-state index contributed by atoms with van der Waals surface area (Å²) in [5.74, 6) is 1.47. The summed E-state index contributed by atoms with van der Waals surface area (Å²) in [7, 11) is 0. The molecule has 4 heterocycles. The third-order valence-electron chi connectivity index (χ3n) is 8.08. The van der Waals surface area contributed by atoms with Gasteiger partial charge in [0.1, 0.15) is 19.2 Å². The molecule has 2 fully saturated rings. The van der Waals surface area contributed by atoms with E-state index in [1.165, 1.54) is 0 Å². The highest BCUT2D eigenvalue weighted by atomic mass is 16.5. The van der Waals surface area contributed by atoms with Gasteiger partial charge in [0.2, 0.25) is 11.8 Å². The number of aliphatic hydroxyl groups is 1. The minimum atomic E-state index is -0.179. The molecule has 42 heavy (non-hydrogen) atoms. The molecule has 4 N–H and O–H groups in total. The van der Waals surface area contributed by atoms with Crippen molar-refractivity contribution < 1.29 is 14.6 Å². The molecule has 2 aliphatic heterocycles. The number of anilines is 2. The maximum atomic E-state index is 9.77. The van der Waals surface area contributed by atoms with Crippen LogP contribution in [0.25, 0.3) is 5.69 Å². The van der Waals surface area contributed by atoms with Crippen LogP contribution in [-0.4, -0.2) is 63.4 Å². The molecule has 1 aromatic carbocycles. The standard InChI is InChI=1S/C29H41N7O2.C2H6.CH2O/c1-20-6-7-21(22(14-20)36-11-8-23(34-36)27(2,3)4)16-38-25-15-24(32-26(30)33-25)35-12-9-29(10-13-35)17-28(5,19-37)31-18-29;2*1-2/h6-8,11,14-15,31,37H,9-10,12-13,16-19H2,1-5H3,(H2,30,32,33);1-2H3;1H2. The Labute approximate surface area is 250 Å². The van der Waals surface area contributed by atoms with Gasteiger partial charge in [-0.25, -0.2) is 4.68 Å². The average Bonchev–Trinajstić information content (AvgIpc) is 3.61. The molecule has 10 nitrogen and oxygen atoms in total. The van der Waals surface area contributed by atoms with Crippen molar-refractivity contribution in [1.29, 1.82) is 0 Å². The first-order chi connectivity index (χ1) is 20.0. The molecule has 0 saturated carbocycles. The van der Waals surface area contributed by atoms with Gasteiger partial charge in [0.15, 0.2) is 0 Å². The Morgan fingerprint density at radius 2 is 1.81 bits per heavy atom. The van der Waals surface area contributed by atoms with Gasteiger partial charge in [-0.2, -0.15) is 15.1 Å². The number of nitrogens with two attached hydrogens (primary N) is 1. The number of aliphatic hydroxyl groups excluding tert-OH is 1. The van der Waals surface area contributed by atoms with Crippen LogP contribution in [0.4, 0.5) is 11.8 Å². The minimum Gasteiger partial charge on any atom is -0.473 e. The van der Waals surface area contributed by atoms with Crippen LogP contribution in [0.3, 0.4) is 0 Å². The number of hydrogen-bond donors (Lipinski definition) is 3. The van der Waals surface area contributed by atoms with Gasteiger partial charge in [0.25, 0.3) is 0 Å². The highest BCUT2D eigenvalue weighted by Gasteiger charge is 2.46. The van der Waals surface area contributed by atoms with Crippen molar-refractivity contribution in [2.75, 3.05) is 36.9 Å². The lowest BCUT2D eigenvalue weighted by atomic mass is 9.74. The zero-order valence-electron chi connectivity index (χ0n) is 26.4. The van der Waals surface area contributed by atoms with Crippen molar-refractivity contribution in [2.45, 2.75) is 85.3 Å². The first-order valence-electron chi connectivity index (χ1n) is 14.8. The highest BCUT2D eigenvalue weighted by molar-refractivity contribution is 5.47. The van der Waals surface area contributed by atoms with Crippen LogP contribution in [0.5, 0.6) is 5.88 Å². The highest BCUT2D eigenvalue weighted by Crippen LogP contribution is 2.43. The number of nitrogens with one attached hydrogen (secondary N) is 1. The van der Waals surface area contributed by atoms with Crippen LogP contribution in [0.15, 0.2) is 36.5 Å². The molecular formula is C32H49N7O3. The quantitative estimate of drug-likeness (QED) is 0.383. The second-order valence-electron chi connectivity index (χ2n) is 12.5. The first kappa shape index (κ1) is 33.0. The van der Waals surface area contributed by atoms with Gasteiger partial charge in [-0.05, 0) is 56.2 Å². The van der Waals surface area contributed by atoms with Crippen molar-refractivity contribution in [1.82, 2.24) is 25.1 Å². The Hall–Kier alpha value is -3.50. The number of piperidine rings is 1. The molecule has 230 valence electrons. The Bertz CT molecular complexity index is 1310. The number of aromatic nitrogens is 4. The van der Waals surface area contributed by atoms with E-state index in [-0.39, 0.29) is 28.9 Å². The van der Waals surface area contributed by atoms with Crippen LogP contribution in [0.2, 0.25) is 0 Å². The second-order valence-corrected chi connectivity index (χ2v) is 12.5. The molecule has 5 rings (SSSR count). The summed E-state index contributed by atoms with van der Waals surface area (Å²) in [4.78, 5) is 19.1. The number of nitrogen functional groups attached to an aromatic ring is 1. The molecule has 0 bridgehead atoms. The lowest BCUT2D eigenvalue weighted by Crippen LogP contribution is -2.41. The molecule has 0 amide bonds. The Morgan fingerprint density at radius 1 is 1.12 bits per heavy atom. The van der Waals surface area contributed by atoms with E-state index in [4.69, 9.17) is 20.4 Å². The number of aryl methyl sites for hydroxylation is 1. The summed E-state index contributed by atoms with van der Waals surface area (Å²) >= 11 is 0. The van der Waals surface area contributed by atoms with E-state index < -0.39 is 0 Å². The molecule has 1 spiro atoms. The zero-order chi connectivity index (χ0) is 31.1. The van der Waals surface area contributed by atoms with Crippen LogP contribution in [0.1, 0.15) is 77.6 Å². The van der Waals surface area contributed by atoms with E-state index in [0.717, 1.165) is 67.2 Å². The van der Waals surface area contributed by atoms with E-state index in [9.17, 15) is 5.11 Å². The fraction of sp³-hybridized carbons (Fsp3) is 0.562. The fourth-order valence-corrected chi connectivity index (χ4v) is 5.71. The van der Waals surface area contributed by atoms with Crippen LogP contribution < -0.4 is 20.7 Å². The topological polar surface area (TPSA) is 131 Å².